The number of hydrogen-bond acceptors (Lipinski definition) is 6. The van der Waals surface area contributed by atoms with E-state index in [0.29, 0.717) is 22.6 Å². The summed E-state index contributed by atoms with van der Waals surface area (Å²) in [6.45, 7) is 4.80. The fourth-order valence-electron chi connectivity index (χ4n) is 3.43. The molecule has 30 heavy (non-hydrogen) atoms. The van der Waals surface area contributed by atoms with Crippen LogP contribution in [-0.2, 0) is 9.47 Å². The van der Waals surface area contributed by atoms with Crippen LogP contribution < -0.4 is 4.74 Å². The summed E-state index contributed by atoms with van der Waals surface area (Å²) < 4.78 is 15.5. The lowest BCUT2D eigenvalue weighted by molar-refractivity contribution is 0.0314. The van der Waals surface area contributed by atoms with E-state index in [-0.39, 0.29) is 11.3 Å². The smallest absolute Gasteiger partial charge is 0.342 e. The number of nitrogens with one attached hydrogen (secondary N) is 1. The van der Waals surface area contributed by atoms with Crippen LogP contribution in [0.5, 0.6) is 5.75 Å². The van der Waals surface area contributed by atoms with Gasteiger partial charge < -0.3 is 19.2 Å². The molecule has 2 aromatic carbocycles. The van der Waals surface area contributed by atoms with Crippen molar-refractivity contribution in [2.45, 2.75) is 26.9 Å². The van der Waals surface area contributed by atoms with Crippen LogP contribution in [0.15, 0.2) is 36.4 Å². The monoisotopic (exact) mass is 409 g/mol. The molecule has 1 N–H and O–H groups in total. The van der Waals surface area contributed by atoms with Gasteiger partial charge in [0.15, 0.2) is 6.10 Å². The number of fused-ring (bicyclic) bond motifs is 1. The molecule has 0 unspecified atom stereocenters. The van der Waals surface area contributed by atoms with Gasteiger partial charge in [-0.1, -0.05) is 24.3 Å². The minimum Gasteiger partial charge on any atom is -0.496 e. The summed E-state index contributed by atoms with van der Waals surface area (Å²) >= 11 is 0. The molecule has 1 aromatic heterocycles. The van der Waals surface area contributed by atoms with E-state index >= 15 is 0 Å². The van der Waals surface area contributed by atoms with E-state index in [4.69, 9.17) is 14.2 Å². The average Bonchev–Trinajstić information content (AvgIpc) is 3.05. The van der Waals surface area contributed by atoms with Crippen molar-refractivity contribution in [2.75, 3.05) is 14.2 Å². The molecule has 3 rings (SSSR count). The van der Waals surface area contributed by atoms with Crippen molar-refractivity contribution in [3.8, 4) is 5.75 Å². The fraction of sp³-hybridized carbons (Fsp3) is 0.261. The molecule has 7 heteroatoms. The first-order valence-corrected chi connectivity index (χ1v) is 9.38. The fourth-order valence-corrected chi connectivity index (χ4v) is 3.43. The largest absolute Gasteiger partial charge is 0.496 e. The standard InChI is InChI=1S/C23H23NO6/c1-12-19(23(27)29-5)13(2)24-20(12)21(25)14(3)30-22(26)17-10-15-8-6-7-9-16(15)11-18(17)28-4/h6-11,14,24H,1-5H3/t14-/m1/s1. The molecule has 0 saturated heterocycles. The summed E-state index contributed by atoms with van der Waals surface area (Å²) in [5.74, 6) is -1.30. The van der Waals surface area contributed by atoms with E-state index in [2.05, 4.69) is 4.98 Å². The number of H-pyrrole nitrogens is 1. The van der Waals surface area contributed by atoms with Crippen LogP contribution in [0, 0.1) is 13.8 Å². The van der Waals surface area contributed by atoms with Crippen LogP contribution in [-0.4, -0.2) is 43.0 Å². The molecular weight excluding hydrogens is 386 g/mol. The van der Waals surface area contributed by atoms with Crippen molar-refractivity contribution in [2.24, 2.45) is 0 Å². The first-order chi connectivity index (χ1) is 14.3. The Morgan fingerprint density at radius 2 is 1.60 bits per heavy atom. The van der Waals surface area contributed by atoms with Gasteiger partial charge in [-0.3, -0.25) is 4.79 Å². The summed E-state index contributed by atoms with van der Waals surface area (Å²) in [5.41, 5.74) is 1.70. The molecule has 156 valence electrons. The van der Waals surface area contributed by atoms with Crippen LogP contribution in [0.1, 0.15) is 49.4 Å². The highest BCUT2D eigenvalue weighted by molar-refractivity contribution is 6.05. The molecule has 0 bridgehead atoms. The predicted octanol–water partition coefficient (Wildman–Crippen LogP) is 4.01. The van der Waals surface area contributed by atoms with Crippen molar-refractivity contribution in [1.29, 1.82) is 0 Å². The Hall–Kier alpha value is -3.61. The van der Waals surface area contributed by atoms with Gasteiger partial charge >= 0.3 is 11.9 Å². The maximum absolute atomic E-state index is 12.9. The molecule has 0 fully saturated rings. The van der Waals surface area contributed by atoms with Crippen LogP contribution in [0.3, 0.4) is 0 Å². The number of ether oxygens (including phenoxy) is 3. The van der Waals surface area contributed by atoms with Gasteiger partial charge in [-0.05, 0) is 49.2 Å². The van der Waals surface area contributed by atoms with Gasteiger partial charge in [-0.2, -0.15) is 0 Å². The highest BCUT2D eigenvalue weighted by atomic mass is 16.5. The molecule has 0 amide bonds. The summed E-state index contributed by atoms with van der Waals surface area (Å²) in [7, 11) is 2.74. The van der Waals surface area contributed by atoms with Crippen LogP contribution in [0.25, 0.3) is 10.8 Å². The zero-order valence-electron chi connectivity index (χ0n) is 17.5. The van der Waals surface area contributed by atoms with Gasteiger partial charge in [-0.25, -0.2) is 9.59 Å². The van der Waals surface area contributed by atoms with E-state index in [9.17, 15) is 14.4 Å². The third kappa shape index (κ3) is 3.78. The third-order valence-electron chi connectivity index (χ3n) is 5.01. The molecule has 0 aliphatic heterocycles. The van der Waals surface area contributed by atoms with Gasteiger partial charge in [0.25, 0.3) is 0 Å². The number of Topliss-reactive ketones (excluding diaryl/α,β-unsaturated/α-hetero) is 1. The number of aromatic amines is 1. The molecular formula is C23H23NO6. The molecule has 7 nitrogen and oxygen atoms in total. The maximum Gasteiger partial charge on any atom is 0.342 e. The molecule has 0 aliphatic rings. The maximum atomic E-state index is 12.9. The van der Waals surface area contributed by atoms with Crippen molar-refractivity contribution in [1.82, 2.24) is 4.98 Å². The molecule has 0 saturated carbocycles. The molecule has 0 radical (unpaired) electrons. The molecule has 1 atom stereocenters. The van der Waals surface area contributed by atoms with E-state index < -0.39 is 23.8 Å². The molecule has 0 aliphatic carbocycles. The second kappa shape index (κ2) is 8.41. The first-order valence-electron chi connectivity index (χ1n) is 9.38. The number of aryl methyl sites for hydroxylation is 1. The topological polar surface area (TPSA) is 94.7 Å². The second-order valence-electron chi connectivity index (χ2n) is 6.93. The Kier molecular flexibility index (Phi) is 5.91. The minimum atomic E-state index is -1.07. The number of hydrogen-bond donors (Lipinski definition) is 1. The van der Waals surface area contributed by atoms with E-state index in [0.717, 1.165) is 10.8 Å². The summed E-state index contributed by atoms with van der Waals surface area (Å²) in [6, 6.07) is 11.0. The summed E-state index contributed by atoms with van der Waals surface area (Å²) in [4.78, 5) is 40.5. The van der Waals surface area contributed by atoms with E-state index in [1.54, 1.807) is 26.0 Å². The van der Waals surface area contributed by atoms with Crippen LogP contribution in [0.4, 0.5) is 0 Å². The minimum absolute atomic E-state index is 0.207. The van der Waals surface area contributed by atoms with Gasteiger partial charge in [0.05, 0.1) is 25.5 Å². The van der Waals surface area contributed by atoms with Crippen molar-refractivity contribution in [3.05, 3.63) is 64.5 Å². The summed E-state index contributed by atoms with van der Waals surface area (Å²) in [5, 5.41) is 1.77. The normalized spacial score (nSPS) is 11.8. The van der Waals surface area contributed by atoms with Crippen LogP contribution in [0.2, 0.25) is 0 Å². The average molecular weight is 409 g/mol. The third-order valence-corrected chi connectivity index (χ3v) is 5.01. The van der Waals surface area contributed by atoms with Gasteiger partial charge in [0.2, 0.25) is 5.78 Å². The highest BCUT2D eigenvalue weighted by Gasteiger charge is 2.28. The van der Waals surface area contributed by atoms with E-state index in [1.807, 2.05) is 24.3 Å². The van der Waals surface area contributed by atoms with Gasteiger partial charge in [0, 0.05) is 5.69 Å². The Bertz CT molecular complexity index is 1140. The molecule has 3 aromatic rings. The number of methoxy groups -OCH3 is 2. The Morgan fingerprint density at radius 1 is 0.967 bits per heavy atom. The number of aromatic nitrogens is 1. The number of carbonyl (C=O) groups is 3. The zero-order chi connectivity index (χ0) is 22.0. The Morgan fingerprint density at radius 3 is 2.20 bits per heavy atom. The van der Waals surface area contributed by atoms with Crippen molar-refractivity contribution < 1.29 is 28.6 Å². The molecule has 0 spiro atoms. The van der Waals surface area contributed by atoms with Crippen LogP contribution >= 0.6 is 0 Å². The number of benzene rings is 2. The lowest BCUT2D eigenvalue weighted by Crippen LogP contribution is -2.25. The van der Waals surface area contributed by atoms with E-state index in [1.165, 1.54) is 21.1 Å². The number of rotatable bonds is 6. The summed E-state index contributed by atoms with van der Waals surface area (Å²) in [6.07, 6.45) is -1.07. The van der Waals surface area contributed by atoms with Crippen molar-refractivity contribution >= 4 is 28.5 Å². The quantitative estimate of drug-likeness (QED) is 0.488. The lowest BCUT2D eigenvalue weighted by Gasteiger charge is -2.14. The number of esters is 2. The molecule has 1 heterocycles. The van der Waals surface area contributed by atoms with Gasteiger partial charge in [-0.15, -0.1) is 0 Å². The lowest BCUT2D eigenvalue weighted by atomic mass is 10.0. The second-order valence-corrected chi connectivity index (χ2v) is 6.93. The number of carbonyl (C=O) groups excluding carboxylic acids is 3. The SMILES string of the molecule is COC(=O)c1c(C)[nH]c(C(=O)[C@@H](C)OC(=O)c2cc3ccccc3cc2OC)c1C. The Balaban J connectivity index is 1.87. The zero-order valence-corrected chi connectivity index (χ0v) is 17.5. The predicted molar refractivity (Wildman–Crippen MR) is 111 cm³/mol. The number of ketones is 1. The van der Waals surface area contributed by atoms with Gasteiger partial charge in [0.1, 0.15) is 11.3 Å². The Labute approximate surface area is 173 Å². The van der Waals surface area contributed by atoms with Crippen molar-refractivity contribution in [3.63, 3.8) is 0 Å². The highest BCUT2D eigenvalue weighted by Crippen LogP contribution is 2.27. The first kappa shape index (κ1) is 21.1.